The van der Waals surface area contributed by atoms with Crippen LogP contribution in [0.25, 0.3) is 10.4 Å². The van der Waals surface area contributed by atoms with Crippen LogP contribution in [0.5, 0.6) is 0 Å². The number of carbonyl (C=O) groups is 1. The van der Waals surface area contributed by atoms with Gasteiger partial charge in [0.25, 0.3) is 5.91 Å². The molecule has 2 aromatic carbocycles. The van der Waals surface area contributed by atoms with E-state index in [4.69, 9.17) is 5.26 Å². The smallest absolute Gasteiger partial charge is 0.252 e. The number of thiophene rings is 1. The fraction of sp³-hybridized carbons (Fsp3) is 0.250. The van der Waals surface area contributed by atoms with E-state index in [1.54, 1.807) is 0 Å². The molecule has 1 saturated heterocycles. The summed E-state index contributed by atoms with van der Waals surface area (Å²) in [7, 11) is 0. The molecule has 1 unspecified atom stereocenters. The van der Waals surface area contributed by atoms with Gasteiger partial charge >= 0.3 is 0 Å². The van der Waals surface area contributed by atoms with Gasteiger partial charge in [-0.15, -0.1) is 11.3 Å². The third-order valence-electron chi connectivity index (χ3n) is 5.37. The lowest BCUT2D eigenvalue weighted by Gasteiger charge is -2.29. The molecule has 3 aromatic rings. The lowest BCUT2D eigenvalue weighted by molar-refractivity contribution is 0.0939. The van der Waals surface area contributed by atoms with Crippen LogP contribution >= 0.6 is 11.3 Å². The van der Waals surface area contributed by atoms with E-state index in [2.05, 4.69) is 28.1 Å². The maximum atomic E-state index is 13.0. The number of aryl methyl sites for hydroxylation is 1. The number of anilines is 1. The van der Waals surface area contributed by atoms with Crippen LogP contribution in [-0.4, -0.2) is 25.0 Å². The molecule has 4 rings (SSSR count). The summed E-state index contributed by atoms with van der Waals surface area (Å²) in [5.74, 6) is -0.0799. The molecule has 5 nitrogen and oxygen atoms in total. The lowest BCUT2D eigenvalue weighted by atomic mass is 10.0. The summed E-state index contributed by atoms with van der Waals surface area (Å²) in [6, 6.07) is 20.3. The Morgan fingerprint density at radius 1 is 1.20 bits per heavy atom. The van der Waals surface area contributed by atoms with Crippen LogP contribution in [0.3, 0.4) is 0 Å². The molecule has 1 amide bonds. The van der Waals surface area contributed by atoms with Crippen molar-refractivity contribution in [1.82, 2.24) is 10.6 Å². The number of nitrogens with one attached hydrogen (secondary N) is 3. The fourth-order valence-electron chi connectivity index (χ4n) is 3.45. The molecule has 1 aliphatic rings. The fourth-order valence-corrected chi connectivity index (χ4v) is 4.25. The van der Waals surface area contributed by atoms with Gasteiger partial charge in [0.1, 0.15) is 10.9 Å². The third kappa shape index (κ3) is 4.38. The number of nitrogens with zero attached hydrogens (tertiary/aromatic N) is 1. The number of amides is 1. The minimum Gasteiger partial charge on any atom is -0.380 e. The first-order chi connectivity index (χ1) is 14.5. The summed E-state index contributed by atoms with van der Waals surface area (Å²) in [5.41, 5.74) is 4.69. The van der Waals surface area contributed by atoms with E-state index in [1.165, 1.54) is 11.3 Å². The zero-order valence-corrected chi connectivity index (χ0v) is 17.8. The second-order valence-corrected chi connectivity index (χ2v) is 8.71. The van der Waals surface area contributed by atoms with Crippen molar-refractivity contribution in [3.8, 4) is 16.5 Å². The summed E-state index contributed by atoms with van der Waals surface area (Å²) in [6.45, 7) is 5.84. The Bertz CT molecular complexity index is 1110. The van der Waals surface area contributed by atoms with Gasteiger partial charge in [-0.3, -0.25) is 4.79 Å². The molecule has 3 N–H and O–H groups in total. The van der Waals surface area contributed by atoms with E-state index in [9.17, 15) is 4.79 Å². The summed E-state index contributed by atoms with van der Waals surface area (Å²) >= 11 is 1.47. The highest BCUT2D eigenvalue weighted by molar-refractivity contribution is 7.16. The van der Waals surface area contributed by atoms with E-state index in [0.29, 0.717) is 16.5 Å². The quantitative estimate of drug-likeness (QED) is 0.554. The standard InChI is InChI=1S/C24H24N4OS/c1-15-6-7-19(28-20-13-26-14-20)11-22(15)24(29)27-16(2)17-4-3-5-18(10-17)23-9-8-21(12-25)30-23/h3-11,16,20,26,28H,13-14H2,1-2H3,(H,27,29). The zero-order chi connectivity index (χ0) is 21.1. The molecule has 0 saturated carbocycles. The highest BCUT2D eigenvalue weighted by atomic mass is 32.1. The second-order valence-electron chi connectivity index (χ2n) is 7.63. The van der Waals surface area contributed by atoms with E-state index < -0.39 is 0 Å². The summed E-state index contributed by atoms with van der Waals surface area (Å²) in [6.07, 6.45) is 0. The number of rotatable bonds is 6. The number of hydrogen-bond acceptors (Lipinski definition) is 5. The number of nitriles is 1. The van der Waals surface area contributed by atoms with Crippen molar-refractivity contribution < 1.29 is 4.79 Å². The molecule has 1 atom stereocenters. The van der Waals surface area contributed by atoms with E-state index in [1.807, 2.05) is 62.4 Å². The maximum absolute atomic E-state index is 13.0. The molecule has 1 aromatic heterocycles. The van der Waals surface area contributed by atoms with Crippen molar-refractivity contribution in [1.29, 1.82) is 5.26 Å². The van der Waals surface area contributed by atoms with Crippen molar-refractivity contribution in [2.24, 2.45) is 0 Å². The van der Waals surface area contributed by atoms with Crippen molar-refractivity contribution in [3.05, 3.63) is 76.2 Å². The Morgan fingerprint density at radius 3 is 2.73 bits per heavy atom. The number of carbonyl (C=O) groups excluding carboxylic acids is 1. The zero-order valence-electron chi connectivity index (χ0n) is 17.0. The van der Waals surface area contributed by atoms with Gasteiger partial charge < -0.3 is 16.0 Å². The van der Waals surface area contributed by atoms with Crippen LogP contribution in [0.2, 0.25) is 0 Å². The Balaban J connectivity index is 1.49. The van der Waals surface area contributed by atoms with Gasteiger partial charge in [-0.05, 0) is 60.9 Å². The molecule has 30 heavy (non-hydrogen) atoms. The molecule has 0 bridgehead atoms. The molecule has 152 valence electrons. The molecule has 1 fully saturated rings. The van der Waals surface area contributed by atoms with Gasteiger partial charge in [-0.2, -0.15) is 5.26 Å². The van der Waals surface area contributed by atoms with Crippen LogP contribution < -0.4 is 16.0 Å². The minimum absolute atomic E-state index is 0.0799. The van der Waals surface area contributed by atoms with Crippen LogP contribution in [0.4, 0.5) is 5.69 Å². The van der Waals surface area contributed by atoms with E-state index in [-0.39, 0.29) is 11.9 Å². The Morgan fingerprint density at radius 2 is 2.03 bits per heavy atom. The van der Waals surface area contributed by atoms with Crippen molar-refractivity contribution in [2.45, 2.75) is 25.9 Å². The van der Waals surface area contributed by atoms with Crippen molar-refractivity contribution in [3.63, 3.8) is 0 Å². The van der Waals surface area contributed by atoms with Crippen LogP contribution in [0, 0.1) is 18.3 Å². The molecule has 2 heterocycles. The van der Waals surface area contributed by atoms with Crippen molar-refractivity contribution in [2.75, 3.05) is 18.4 Å². The molecular formula is C24H24N4OS. The Labute approximate surface area is 180 Å². The predicted octanol–water partition coefficient (Wildman–Crippen LogP) is 4.47. The average molecular weight is 417 g/mol. The summed E-state index contributed by atoms with van der Waals surface area (Å²) in [4.78, 5) is 14.7. The van der Waals surface area contributed by atoms with Gasteiger partial charge in [0.15, 0.2) is 0 Å². The van der Waals surface area contributed by atoms with E-state index >= 15 is 0 Å². The van der Waals surface area contributed by atoms with Gasteiger partial charge in [-0.1, -0.05) is 24.3 Å². The van der Waals surface area contributed by atoms with Crippen LogP contribution in [-0.2, 0) is 0 Å². The molecule has 1 aliphatic heterocycles. The summed E-state index contributed by atoms with van der Waals surface area (Å²) < 4.78 is 0. The normalized spacial score (nSPS) is 14.4. The maximum Gasteiger partial charge on any atom is 0.252 e. The number of hydrogen-bond donors (Lipinski definition) is 3. The molecule has 0 spiro atoms. The van der Waals surface area contributed by atoms with Gasteiger partial charge in [0.05, 0.1) is 12.1 Å². The molecule has 0 radical (unpaired) electrons. The first-order valence-electron chi connectivity index (χ1n) is 10.0. The van der Waals surface area contributed by atoms with Crippen LogP contribution in [0.15, 0.2) is 54.6 Å². The largest absolute Gasteiger partial charge is 0.380 e. The minimum atomic E-state index is -0.139. The monoisotopic (exact) mass is 416 g/mol. The average Bonchev–Trinajstić information content (AvgIpc) is 3.21. The van der Waals surface area contributed by atoms with Gasteiger partial charge in [-0.25, -0.2) is 0 Å². The highest BCUT2D eigenvalue weighted by Gasteiger charge is 2.18. The Hall–Kier alpha value is -3.14. The first kappa shape index (κ1) is 20.1. The Kier molecular flexibility index (Phi) is 5.84. The van der Waals surface area contributed by atoms with E-state index in [0.717, 1.165) is 40.3 Å². The lowest BCUT2D eigenvalue weighted by Crippen LogP contribution is -2.51. The van der Waals surface area contributed by atoms with Crippen molar-refractivity contribution >= 4 is 22.9 Å². The summed E-state index contributed by atoms with van der Waals surface area (Å²) in [5, 5.41) is 18.9. The molecule has 0 aliphatic carbocycles. The van der Waals surface area contributed by atoms with Gasteiger partial charge in [0.2, 0.25) is 0 Å². The van der Waals surface area contributed by atoms with Crippen LogP contribution in [0.1, 0.15) is 39.3 Å². The highest BCUT2D eigenvalue weighted by Crippen LogP contribution is 2.29. The van der Waals surface area contributed by atoms with Gasteiger partial charge in [0, 0.05) is 29.2 Å². The topological polar surface area (TPSA) is 76.9 Å². The predicted molar refractivity (Wildman–Crippen MR) is 122 cm³/mol. The third-order valence-corrected chi connectivity index (χ3v) is 6.41. The second kappa shape index (κ2) is 8.70. The molecular weight excluding hydrogens is 392 g/mol. The first-order valence-corrected chi connectivity index (χ1v) is 10.8. The SMILES string of the molecule is Cc1ccc(NC2CNC2)cc1C(=O)NC(C)c1cccc(-c2ccc(C#N)s2)c1. The molecule has 6 heteroatoms. The number of benzene rings is 2.